The number of benzene rings is 2. The maximum atomic E-state index is 5.96. The molecule has 0 atom stereocenters. The number of hydrogen-bond acceptors (Lipinski definition) is 2. The van der Waals surface area contributed by atoms with Crippen molar-refractivity contribution in [2.45, 2.75) is 6.92 Å². The fourth-order valence-electron chi connectivity index (χ4n) is 2.56. The van der Waals surface area contributed by atoms with E-state index in [1.54, 1.807) is 7.11 Å². The lowest BCUT2D eigenvalue weighted by molar-refractivity contribution is 0.415. The minimum Gasteiger partial charge on any atom is -0.497 e. The summed E-state index contributed by atoms with van der Waals surface area (Å²) in [5.74, 6) is 0.802. The molecule has 0 saturated carbocycles. The van der Waals surface area contributed by atoms with Crippen molar-refractivity contribution in [3.05, 3.63) is 53.6 Å². The topological polar surface area (TPSA) is 51.0 Å². The standard InChI is InChI=1S/C17H16N2OS/c1-10-6-7-14-13(8-10)15(17(18)21)16(19-14)11-4-3-5-12(9-11)20-2/h3-9,19H,1-2H3,(H2,18,21). The van der Waals surface area contributed by atoms with Gasteiger partial charge in [-0.25, -0.2) is 0 Å². The highest BCUT2D eigenvalue weighted by Crippen LogP contribution is 2.32. The van der Waals surface area contributed by atoms with E-state index in [0.717, 1.165) is 33.5 Å². The van der Waals surface area contributed by atoms with E-state index in [-0.39, 0.29) is 0 Å². The second kappa shape index (κ2) is 5.22. The summed E-state index contributed by atoms with van der Waals surface area (Å²) in [5, 5.41) is 1.06. The van der Waals surface area contributed by atoms with Crippen LogP contribution in [0.15, 0.2) is 42.5 Å². The summed E-state index contributed by atoms with van der Waals surface area (Å²) in [5.41, 5.74) is 11.0. The van der Waals surface area contributed by atoms with Gasteiger partial charge >= 0.3 is 0 Å². The van der Waals surface area contributed by atoms with Gasteiger partial charge in [0.25, 0.3) is 0 Å². The van der Waals surface area contributed by atoms with Crippen LogP contribution in [0.25, 0.3) is 22.2 Å². The van der Waals surface area contributed by atoms with Crippen LogP contribution in [0.4, 0.5) is 0 Å². The zero-order valence-corrected chi connectivity index (χ0v) is 12.8. The molecular weight excluding hydrogens is 280 g/mol. The molecule has 0 saturated heterocycles. The zero-order valence-electron chi connectivity index (χ0n) is 11.9. The molecule has 3 aromatic rings. The Bertz CT molecular complexity index is 836. The van der Waals surface area contributed by atoms with E-state index >= 15 is 0 Å². The van der Waals surface area contributed by atoms with Crippen molar-refractivity contribution in [2.75, 3.05) is 7.11 Å². The van der Waals surface area contributed by atoms with Crippen LogP contribution >= 0.6 is 12.2 Å². The minimum atomic E-state index is 0.393. The van der Waals surface area contributed by atoms with Gasteiger partial charge in [0.1, 0.15) is 10.7 Å². The van der Waals surface area contributed by atoms with Gasteiger partial charge in [0, 0.05) is 22.0 Å². The van der Waals surface area contributed by atoms with Crippen LogP contribution in [0, 0.1) is 6.92 Å². The molecule has 1 aromatic heterocycles. The number of ether oxygens (including phenoxy) is 1. The molecular formula is C17H16N2OS. The lowest BCUT2D eigenvalue weighted by Gasteiger charge is -2.06. The second-order valence-corrected chi connectivity index (χ2v) is 5.46. The molecule has 21 heavy (non-hydrogen) atoms. The molecule has 0 amide bonds. The van der Waals surface area contributed by atoms with Crippen LogP contribution in [0.1, 0.15) is 11.1 Å². The van der Waals surface area contributed by atoms with Crippen LogP contribution in [0.5, 0.6) is 5.75 Å². The number of aromatic nitrogens is 1. The number of aryl methyl sites for hydroxylation is 1. The molecule has 4 heteroatoms. The van der Waals surface area contributed by atoms with Crippen molar-refractivity contribution in [1.29, 1.82) is 0 Å². The van der Waals surface area contributed by atoms with Crippen LogP contribution < -0.4 is 10.5 Å². The molecule has 0 radical (unpaired) electrons. The molecule has 0 aliphatic rings. The van der Waals surface area contributed by atoms with Crippen molar-refractivity contribution in [3.8, 4) is 17.0 Å². The Kier molecular flexibility index (Phi) is 3.39. The fourth-order valence-corrected chi connectivity index (χ4v) is 2.77. The Balaban J connectivity index is 2.31. The fraction of sp³-hybridized carbons (Fsp3) is 0.118. The van der Waals surface area contributed by atoms with Crippen LogP contribution in [-0.4, -0.2) is 17.1 Å². The summed E-state index contributed by atoms with van der Waals surface area (Å²) in [6.07, 6.45) is 0. The first-order valence-corrected chi connectivity index (χ1v) is 7.07. The van der Waals surface area contributed by atoms with Gasteiger partial charge in [-0.15, -0.1) is 0 Å². The van der Waals surface area contributed by atoms with Gasteiger partial charge in [-0.3, -0.25) is 0 Å². The summed E-state index contributed by atoms with van der Waals surface area (Å²) < 4.78 is 5.29. The third kappa shape index (κ3) is 2.38. The van der Waals surface area contributed by atoms with E-state index in [0.29, 0.717) is 4.99 Å². The Morgan fingerprint density at radius 2 is 2.00 bits per heavy atom. The van der Waals surface area contributed by atoms with Gasteiger partial charge in [-0.1, -0.05) is 36.0 Å². The maximum Gasteiger partial charge on any atom is 0.119 e. The number of H-pyrrole nitrogens is 1. The number of hydrogen-bond donors (Lipinski definition) is 2. The maximum absolute atomic E-state index is 5.96. The smallest absolute Gasteiger partial charge is 0.119 e. The Morgan fingerprint density at radius 3 is 2.71 bits per heavy atom. The quantitative estimate of drug-likeness (QED) is 0.723. The predicted octanol–water partition coefficient (Wildman–Crippen LogP) is 3.79. The Hall–Kier alpha value is -2.33. The first-order valence-electron chi connectivity index (χ1n) is 6.66. The molecule has 0 aliphatic heterocycles. The second-order valence-electron chi connectivity index (χ2n) is 5.02. The van der Waals surface area contributed by atoms with E-state index in [1.807, 2.05) is 24.3 Å². The van der Waals surface area contributed by atoms with Gasteiger partial charge in [0.05, 0.1) is 12.8 Å². The number of methoxy groups -OCH3 is 1. The zero-order chi connectivity index (χ0) is 15.0. The number of aromatic amines is 1. The molecule has 0 bridgehead atoms. The Labute approximate surface area is 128 Å². The molecule has 0 aliphatic carbocycles. The van der Waals surface area contributed by atoms with Crippen molar-refractivity contribution >= 4 is 28.1 Å². The summed E-state index contributed by atoms with van der Waals surface area (Å²) in [4.78, 5) is 3.81. The van der Waals surface area contributed by atoms with Crippen molar-refractivity contribution in [1.82, 2.24) is 4.98 Å². The van der Waals surface area contributed by atoms with E-state index in [2.05, 4.69) is 30.1 Å². The molecule has 2 aromatic carbocycles. The van der Waals surface area contributed by atoms with Crippen molar-refractivity contribution < 1.29 is 4.74 Å². The van der Waals surface area contributed by atoms with E-state index in [1.165, 1.54) is 5.56 Å². The van der Waals surface area contributed by atoms with Gasteiger partial charge in [0.15, 0.2) is 0 Å². The van der Waals surface area contributed by atoms with Crippen LogP contribution in [0.2, 0.25) is 0 Å². The molecule has 0 fully saturated rings. The summed E-state index contributed by atoms with van der Waals surface area (Å²) in [6, 6.07) is 14.1. The van der Waals surface area contributed by atoms with Gasteiger partial charge < -0.3 is 15.5 Å². The predicted molar refractivity (Wildman–Crippen MR) is 90.9 cm³/mol. The molecule has 3 rings (SSSR count). The lowest BCUT2D eigenvalue weighted by atomic mass is 10.0. The van der Waals surface area contributed by atoms with E-state index in [9.17, 15) is 0 Å². The number of rotatable bonds is 3. The number of fused-ring (bicyclic) bond motifs is 1. The van der Waals surface area contributed by atoms with Gasteiger partial charge in [0.2, 0.25) is 0 Å². The highest BCUT2D eigenvalue weighted by Gasteiger charge is 2.15. The third-order valence-corrected chi connectivity index (χ3v) is 3.76. The van der Waals surface area contributed by atoms with Crippen LogP contribution in [-0.2, 0) is 0 Å². The molecule has 3 N–H and O–H groups in total. The van der Waals surface area contributed by atoms with Gasteiger partial charge in [-0.05, 0) is 31.2 Å². The molecule has 0 unspecified atom stereocenters. The third-order valence-electron chi connectivity index (χ3n) is 3.56. The number of nitrogens with two attached hydrogens (primary N) is 1. The Morgan fingerprint density at radius 1 is 1.19 bits per heavy atom. The highest BCUT2D eigenvalue weighted by atomic mass is 32.1. The summed E-state index contributed by atoms with van der Waals surface area (Å²) in [7, 11) is 1.65. The SMILES string of the molecule is COc1cccc(-c2[nH]c3ccc(C)cc3c2C(N)=S)c1. The molecule has 1 heterocycles. The highest BCUT2D eigenvalue weighted by molar-refractivity contribution is 7.80. The summed E-state index contributed by atoms with van der Waals surface area (Å²) >= 11 is 5.26. The first-order chi connectivity index (χ1) is 10.1. The van der Waals surface area contributed by atoms with E-state index in [4.69, 9.17) is 22.7 Å². The average molecular weight is 296 g/mol. The lowest BCUT2D eigenvalue weighted by Crippen LogP contribution is -2.10. The first kappa shape index (κ1) is 13.6. The van der Waals surface area contributed by atoms with Crippen molar-refractivity contribution in [2.24, 2.45) is 5.73 Å². The largest absolute Gasteiger partial charge is 0.497 e. The normalized spacial score (nSPS) is 10.8. The summed E-state index contributed by atoms with van der Waals surface area (Å²) in [6.45, 7) is 2.06. The number of thiocarbonyl (C=S) groups is 1. The molecule has 0 spiro atoms. The monoisotopic (exact) mass is 296 g/mol. The van der Waals surface area contributed by atoms with E-state index < -0.39 is 0 Å². The van der Waals surface area contributed by atoms with Crippen molar-refractivity contribution in [3.63, 3.8) is 0 Å². The van der Waals surface area contributed by atoms with Gasteiger partial charge in [-0.2, -0.15) is 0 Å². The molecule has 106 valence electrons. The average Bonchev–Trinajstić information content (AvgIpc) is 2.86. The van der Waals surface area contributed by atoms with Crippen LogP contribution in [0.3, 0.4) is 0 Å². The number of nitrogens with one attached hydrogen (secondary N) is 1. The minimum absolute atomic E-state index is 0.393. The molecule has 3 nitrogen and oxygen atoms in total.